The standard InChI is InChI=1S/C23H27F3N2O3/c1-15(2)20(28-21(29)19-6-4-5-16(3)11-19)22(30)27-12-17-7-9-18(10-8-17)13-31-14-23(24,25)26/h4-11,15,20H,12-14H2,1-3H3,(H,27,30)(H,28,29). The van der Waals surface area contributed by atoms with E-state index in [1.165, 1.54) is 0 Å². The van der Waals surface area contributed by atoms with Crippen molar-refractivity contribution in [3.05, 3.63) is 70.8 Å². The maximum Gasteiger partial charge on any atom is 0.411 e. The molecule has 2 amide bonds. The maximum absolute atomic E-state index is 12.6. The molecule has 8 heteroatoms. The number of hydrogen-bond donors (Lipinski definition) is 2. The average Bonchev–Trinajstić information content (AvgIpc) is 2.70. The topological polar surface area (TPSA) is 67.4 Å². The minimum Gasteiger partial charge on any atom is -0.367 e. The number of halogens is 3. The first-order valence-electron chi connectivity index (χ1n) is 9.92. The summed E-state index contributed by atoms with van der Waals surface area (Å²) in [5.41, 5.74) is 2.82. The van der Waals surface area contributed by atoms with Crippen LogP contribution in [0.25, 0.3) is 0 Å². The fraction of sp³-hybridized carbons (Fsp3) is 0.391. The maximum atomic E-state index is 12.6. The quantitative estimate of drug-likeness (QED) is 0.621. The highest BCUT2D eigenvalue weighted by atomic mass is 19.4. The molecule has 0 heterocycles. The van der Waals surface area contributed by atoms with Gasteiger partial charge in [-0.2, -0.15) is 13.2 Å². The van der Waals surface area contributed by atoms with Gasteiger partial charge in [0.05, 0.1) is 6.61 Å². The molecule has 0 radical (unpaired) electrons. The van der Waals surface area contributed by atoms with E-state index in [4.69, 9.17) is 0 Å². The van der Waals surface area contributed by atoms with Crippen LogP contribution in [-0.2, 0) is 22.7 Å². The van der Waals surface area contributed by atoms with Gasteiger partial charge in [-0.25, -0.2) is 0 Å². The second kappa shape index (κ2) is 10.9. The fourth-order valence-corrected chi connectivity index (χ4v) is 2.88. The summed E-state index contributed by atoms with van der Waals surface area (Å²) >= 11 is 0. The van der Waals surface area contributed by atoms with Crippen LogP contribution in [0.1, 0.15) is 40.9 Å². The number of hydrogen-bond acceptors (Lipinski definition) is 3. The van der Waals surface area contributed by atoms with Gasteiger partial charge in [-0.15, -0.1) is 0 Å². The molecule has 0 aliphatic carbocycles. The SMILES string of the molecule is Cc1cccc(C(=O)NC(C(=O)NCc2ccc(COCC(F)(F)F)cc2)C(C)C)c1. The summed E-state index contributed by atoms with van der Waals surface area (Å²) in [5.74, 6) is -0.753. The zero-order valence-electron chi connectivity index (χ0n) is 17.8. The van der Waals surface area contributed by atoms with Crippen LogP contribution in [0, 0.1) is 12.8 Å². The van der Waals surface area contributed by atoms with E-state index in [1.807, 2.05) is 26.8 Å². The van der Waals surface area contributed by atoms with Gasteiger partial charge in [0.15, 0.2) is 0 Å². The molecule has 1 unspecified atom stereocenters. The first-order chi connectivity index (χ1) is 14.5. The Morgan fingerprint density at radius 2 is 1.68 bits per heavy atom. The minimum atomic E-state index is -4.36. The van der Waals surface area contributed by atoms with Crippen molar-refractivity contribution in [2.45, 2.75) is 46.1 Å². The summed E-state index contributed by atoms with van der Waals surface area (Å²) in [4.78, 5) is 25.1. The molecular formula is C23H27F3N2O3. The monoisotopic (exact) mass is 436 g/mol. The van der Waals surface area contributed by atoms with E-state index in [2.05, 4.69) is 15.4 Å². The summed E-state index contributed by atoms with van der Waals surface area (Å²) in [6, 6.07) is 13.1. The first kappa shape index (κ1) is 24.4. The summed E-state index contributed by atoms with van der Waals surface area (Å²) in [7, 11) is 0. The van der Waals surface area contributed by atoms with Crippen molar-refractivity contribution in [1.82, 2.24) is 10.6 Å². The largest absolute Gasteiger partial charge is 0.411 e. The van der Waals surface area contributed by atoms with E-state index in [1.54, 1.807) is 42.5 Å². The normalized spacial score (nSPS) is 12.5. The van der Waals surface area contributed by atoms with Crippen LogP contribution in [0.15, 0.2) is 48.5 Å². The van der Waals surface area contributed by atoms with Gasteiger partial charge in [-0.05, 0) is 36.1 Å². The predicted octanol–water partition coefficient (Wildman–Crippen LogP) is 4.14. The predicted molar refractivity (Wildman–Crippen MR) is 111 cm³/mol. The number of nitrogens with one attached hydrogen (secondary N) is 2. The van der Waals surface area contributed by atoms with Crippen molar-refractivity contribution in [2.24, 2.45) is 5.92 Å². The lowest BCUT2D eigenvalue weighted by Crippen LogP contribution is -2.49. The second-order valence-electron chi connectivity index (χ2n) is 7.71. The number of alkyl halides is 3. The third-order valence-corrected chi connectivity index (χ3v) is 4.54. The Morgan fingerprint density at radius 1 is 1.03 bits per heavy atom. The van der Waals surface area contributed by atoms with Crippen molar-refractivity contribution < 1.29 is 27.5 Å². The third kappa shape index (κ3) is 8.41. The van der Waals surface area contributed by atoms with Gasteiger partial charge in [-0.1, -0.05) is 55.8 Å². The van der Waals surface area contributed by atoms with Crippen LogP contribution in [-0.4, -0.2) is 30.6 Å². The molecule has 2 aromatic rings. The van der Waals surface area contributed by atoms with Crippen molar-refractivity contribution in [1.29, 1.82) is 0 Å². The van der Waals surface area contributed by atoms with Gasteiger partial charge in [0.25, 0.3) is 5.91 Å². The number of rotatable bonds is 9. The first-order valence-corrected chi connectivity index (χ1v) is 9.92. The fourth-order valence-electron chi connectivity index (χ4n) is 2.88. The molecule has 5 nitrogen and oxygen atoms in total. The van der Waals surface area contributed by atoms with Crippen LogP contribution in [0.2, 0.25) is 0 Å². The molecule has 2 N–H and O–H groups in total. The van der Waals surface area contributed by atoms with Gasteiger partial charge in [-0.3, -0.25) is 9.59 Å². The zero-order valence-corrected chi connectivity index (χ0v) is 17.8. The Morgan fingerprint density at radius 3 is 2.26 bits per heavy atom. The van der Waals surface area contributed by atoms with Crippen LogP contribution in [0.5, 0.6) is 0 Å². The Bertz CT molecular complexity index is 880. The van der Waals surface area contributed by atoms with Crippen LogP contribution < -0.4 is 10.6 Å². The highest BCUT2D eigenvalue weighted by Gasteiger charge is 2.27. The second-order valence-corrected chi connectivity index (χ2v) is 7.71. The molecule has 31 heavy (non-hydrogen) atoms. The van der Waals surface area contributed by atoms with E-state index < -0.39 is 18.8 Å². The number of carbonyl (C=O) groups excluding carboxylic acids is 2. The molecule has 2 rings (SSSR count). The number of carbonyl (C=O) groups is 2. The van der Waals surface area contributed by atoms with Crippen molar-refractivity contribution in [3.8, 4) is 0 Å². The summed E-state index contributed by atoms with van der Waals surface area (Å²) in [5, 5.41) is 5.58. The number of amides is 2. The molecule has 0 aromatic heterocycles. The van der Waals surface area contributed by atoms with E-state index in [0.29, 0.717) is 11.1 Å². The van der Waals surface area contributed by atoms with E-state index >= 15 is 0 Å². The van der Waals surface area contributed by atoms with Gasteiger partial charge >= 0.3 is 6.18 Å². The molecule has 0 bridgehead atoms. The van der Waals surface area contributed by atoms with Crippen LogP contribution in [0.3, 0.4) is 0 Å². The van der Waals surface area contributed by atoms with Gasteiger partial charge < -0.3 is 15.4 Å². The minimum absolute atomic E-state index is 0.123. The van der Waals surface area contributed by atoms with Gasteiger partial charge in [0.1, 0.15) is 12.6 Å². The van der Waals surface area contributed by atoms with Crippen molar-refractivity contribution in [2.75, 3.05) is 6.61 Å². The molecule has 0 saturated heterocycles. The molecule has 0 saturated carbocycles. The molecule has 2 aromatic carbocycles. The Balaban J connectivity index is 1.89. The smallest absolute Gasteiger partial charge is 0.367 e. The van der Waals surface area contributed by atoms with Crippen molar-refractivity contribution in [3.63, 3.8) is 0 Å². The highest BCUT2D eigenvalue weighted by molar-refractivity contribution is 5.97. The number of benzene rings is 2. The summed E-state index contributed by atoms with van der Waals surface area (Å²) in [6.45, 7) is 4.36. The lowest BCUT2D eigenvalue weighted by Gasteiger charge is -2.22. The number of ether oxygens (including phenoxy) is 1. The van der Waals surface area contributed by atoms with E-state index in [9.17, 15) is 22.8 Å². The van der Waals surface area contributed by atoms with Crippen molar-refractivity contribution >= 4 is 11.8 Å². The summed E-state index contributed by atoms with van der Waals surface area (Å²) < 4.78 is 41.0. The molecule has 168 valence electrons. The van der Waals surface area contributed by atoms with E-state index in [-0.39, 0.29) is 30.9 Å². The number of aryl methyl sites for hydroxylation is 1. The molecule has 0 spiro atoms. The highest BCUT2D eigenvalue weighted by Crippen LogP contribution is 2.16. The lowest BCUT2D eigenvalue weighted by atomic mass is 10.0. The van der Waals surface area contributed by atoms with Gasteiger partial charge in [0.2, 0.25) is 5.91 Å². The average molecular weight is 436 g/mol. The molecular weight excluding hydrogens is 409 g/mol. The summed E-state index contributed by atoms with van der Waals surface area (Å²) in [6.07, 6.45) is -4.36. The van der Waals surface area contributed by atoms with Gasteiger partial charge in [0, 0.05) is 12.1 Å². The molecule has 0 aliphatic heterocycles. The molecule has 1 atom stereocenters. The molecule has 0 fully saturated rings. The Labute approximate surface area is 180 Å². The zero-order chi connectivity index (χ0) is 23.0. The van der Waals surface area contributed by atoms with Crippen LogP contribution in [0.4, 0.5) is 13.2 Å². The third-order valence-electron chi connectivity index (χ3n) is 4.54. The molecule has 0 aliphatic rings. The van der Waals surface area contributed by atoms with Crippen LogP contribution >= 0.6 is 0 Å². The Kier molecular flexibility index (Phi) is 8.62. The Hall–Kier alpha value is -2.87. The van der Waals surface area contributed by atoms with E-state index in [0.717, 1.165) is 11.1 Å². The lowest BCUT2D eigenvalue weighted by molar-refractivity contribution is -0.176.